The standard InChI is InChI=1S/C24H28N4OS/c1-19(26-24(29)21-9-11-25-12-10-21)23(22-8-5-17-30-22)28-15-13-27(14-16-28)18-20-6-3-2-4-7-20/h2-12,17,19,23H,13-16,18H2,1H3,(H,26,29)/t19-,23+/m0/s1. The second-order valence-corrected chi connectivity index (χ2v) is 8.74. The number of rotatable bonds is 7. The first kappa shape index (κ1) is 20.7. The molecule has 5 nitrogen and oxygen atoms in total. The van der Waals surface area contributed by atoms with Gasteiger partial charge in [-0.05, 0) is 36.1 Å². The Morgan fingerprint density at radius 2 is 1.77 bits per heavy atom. The van der Waals surface area contributed by atoms with E-state index in [0.717, 1.165) is 32.7 Å². The van der Waals surface area contributed by atoms with Crippen LogP contribution in [0.25, 0.3) is 0 Å². The second kappa shape index (κ2) is 9.98. The summed E-state index contributed by atoms with van der Waals surface area (Å²) in [7, 11) is 0. The van der Waals surface area contributed by atoms with Gasteiger partial charge in [0.05, 0.1) is 6.04 Å². The summed E-state index contributed by atoms with van der Waals surface area (Å²) in [6.45, 7) is 7.14. The van der Waals surface area contributed by atoms with Gasteiger partial charge in [0.15, 0.2) is 0 Å². The summed E-state index contributed by atoms with van der Waals surface area (Å²) in [6.07, 6.45) is 3.31. The van der Waals surface area contributed by atoms with Crippen LogP contribution in [0.2, 0.25) is 0 Å². The van der Waals surface area contributed by atoms with E-state index < -0.39 is 0 Å². The Morgan fingerprint density at radius 3 is 2.43 bits per heavy atom. The Bertz CT molecular complexity index is 909. The first-order valence-electron chi connectivity index (χ1n) is 10.5. The van der Waals surface area contributed by atoms with E-state index in [-0.39, 0.29) is 18.0 Å². The lowest BCUT2D eigenvalue weighted by Crippen LogP contribution is -2.52. The molecule has 1 aliphatic heterocycles. The molecular weight excluding hydrogens is 392 g/mol. The molecule has 0 saturated carbocycles. The Hall–Kier alpha value is -2.54. The Balaban J connectivity index is 1.41. The monoisotopic (exact) mass is 420 g/mol. The molecule has 1 amide bonds. The largest absolute Gasteiger partial charge is 0.348 e. The molecule has 30 heavy (non-hydrogen) atoms. The van der Waals surface area contributed by atoms with Gasteiger partial charge in [-0.3, -0.25) is 19.6 Å². The minimum Gasteiger partial charge on any atom is -0.348 e. The number of carbonyl (C=O) groups excluding carboxylic acids is 1. The van der Waals surface area contributed by atoms with Gasteiger partial charge in [0, 0.05) is 61.6 Å². The third-order valence-electron chi connectivity index (χ3n) is 5.66. The minimum absolute atomic E-state index is 0.00462. The molecule has 1 aromatic carbocycles. The van der Waals surface area contributed by atoms with E-state index in [1.165, 1.54) is 10.4 Å². The van der Waals surface area contributed by atoms with E-state index in [9.17, 15) is 4.79 Å². The quantitative estimate of drug-likeness (QED) is 0.631. The van der Waals surface area contributed by atoms with Gasteiger partial charge >= 0.3 is 0 Å². The first-order chi connectivity index (χ1) is 14.7. The van der Waals surface area contributed by atoms with E-state index >= 15 is 0 Å². The molecule has 4 rings (SSSR count). The topological polar surface area (TPSA) is 48.5 Å². The molecule has 0 bridgehead atoms. The molecule has 0 unspecified atom stereocenters. The van der Waals surface area contributed by atoms with E-state index in [1.807, 2.05) is 0 Å². The SMILES string of the molecule is C[C@H](NC(=O)c1ccncc1)[C@H](c1cccs1)N1CCN(Cc2ccccc2)CC1. The third-order valence-corrected chi connectivity index (χ3v) is 6.60. The molecular formula is C24H28N4OS. The fourth-order valence-corrected chi connectivity index (χ4v) is 5.08. The van der Waals surface area contributed by atoms with Crippen molar-refractivity contribution in [3.63, 3.8) is 0 Å². The first-order valence-corrected chi connectivity index (χ1v) is 11.3. The molecule has 0 radical (unpaired) electrons. The summed E-state index contributed by atoms with van der Waals surface area (Å²) in [5, 5.41) is 5.33. The molecule has 0 aliphatic carbocycles. The van der Waals surface area contributed by atoms with E-state index in [4.69, 9.17) is 0 Å². The van der Waals surface area contributed by atoms with Crippen LogP contribution in [-0.4, -0.2) is 52.9 Å². The number of carbonyl (C=O) groups is 1. The fourth-order valence-electron chi connectivity index (χ4n) is 4.12. The molecule has 1 saturated heterocycles. The van der Waals surface area contributed by atoms with Crippen molar-refractivity contribution in [3.05, 3.63) is 88.4 Å². The van der Waals surface area contributed by atoms with Crippen LogP contribution >= 0.6 is 11.3 Å². The van der Waals surface area contributed by atoms with Crippen molar-refractivity contribution in [2.75, 3.05) is 26.2 Å². The number of thiophene rings is 1. The lowest BCUT2D eigenvalue weighted by molar-refractivity contribution is 0.0714. The predicted octanol–water partition coefficient (Wildman–Crippen LogP) is 3.82. The molecule has 1 N–H and O–H groups in total. The summed E-state index contributed by atoms with van der Waals surface area (Å²) in [4.78, 5) is 23.0. The van der Waals surface area contributed by atoms with Crippen LogP contribution in [0.4, 0.5) is 0 Å². The van der Waals surface area contributed by atoms with Crippen LogP contribution in [0.15, 0.2) is 72.4 Å². The van der Waals surface area contributed by atoms with Crippen LogP contribution in [0.5, 0.6) is 0 Å². The van der Waals surface area contributed by atoms with Crippen LogP contribution in [0.3, 0.4) is 0 Å². The van der Waals surface area contributed by atoms with Crippen LogP contribution in [-0.2, 0) is 6.54 Å². The number of aromatic nitrogens is 1. The van der Waals surface area contributed by atoms with Gasteiger partial charge < -0.3 is 5.32 Å². The number of benzene rings is 1. The zero-order valence-corrected chi connectivity index (χ0v) is 18.1. The summed E-state index contributed by atoms with van der Waals surface area (Å²) >= 11 is 1.76. The van der Waals surface area contributed by atoms with Gasteiger partial charge in [-0.2, -0.15) is 0 Å². The molecule has 0 spiro atoms. The van der Waals surface area contributed by atoms with Crippen molar-refractivity contribution in [3.8, 4) is 0 Å². The Labute approximate surface area is 182 Å². The molecule has 3 heterocycles. The van der Waals surface area contributed by atoms with Crippen LogP contribution in [0.1, 0.15) is 33.8 Å². The highest BCUT2D eigenvalue weighted by molar-refractivity contribution is 7.10. The lowest BCUT2D eigenvalue weighted by atomic mass is 10.0. The van der Waals surface area contributed by atoms with Crippen molar-refractivity contribution < 1.29 is 4.79 Å². The van der Waals surface area contributed by atoms with Crippen molar-refractivity contribution in [1.82, 2.24) is 20.1 Å². The average Bonchev–Trinajstić information content (AvgIpc) is 3.31. The zero-order chi connectivity index (χ0) is 20.8. The molecule has 1 fully saturated rings. The number of pyridine rings is 1. The second-order valence-electron chi connectivity index (χ2n) is 7.76. The van der Waals surface area contributed by atoms with Gasteiger partial charge in [-0.15, -0.1) is 11.3 Å². The normalized spacial score (nSPS) is 17.4. The van der Waals surface area contributed by atoms with Crippen molar-refractivity contribution in [2.45, 2.75) is 25.6 Å². The van der Waals surface area contributed by atoms with Crippen LogP contribution in [0, 0.1) is 0 Å². The van der Waals surface area contributed by atoms with Crippen molar-refractivity contribution >= 4 is 17.2 Å². The van der Waals surface area contributed by atoms with E-state index in [0.29, 0.717) is 5.56 Å². The maximum atomic E-state index is 12.7. The number of piperazine rings is 1. The maximum Gasteiger partial charge on any atom is 0.251 e. The number of hydrogen-bond acceptors (Lipinski definition) is 5. The fraction of sp³-hybridized carbons (Fsp3) is 0.333. The smallest absolute Gasteiger partial charge is 0.251 e. The summed E-state index contributed by atoms with van der Waals surface area (Å²) in [5.74, 6) is -0.0471. The Kier molecular flexibility index (Phi) is 6.89. The molecule has 156 valence electrons. The Morgan fingerprint density at radius 1 is 1.03 bits per heavy atom. The van der Waals surface area contributed by atoms with Gasteiger partial charge in [-0.1, -0.05) is 36.4 Å². The lowest BCUT2D eigenvalue weighted by Gasteiger charge is -2.41. The van der Waals surface area contributed by atoms with Gasteiger partial charge in [0.25, 0.3) is 5.91 Å². The predicted molar refractivity (Wildman–Crippen MR) is 122 cm³/mol. The highest BCUT2D eigenvalue weighted by Gasteiger charge is 2.31. The van der Waals surface area contributed by atoms with Crippen molar-refractivity contribution in [1.29, 1.82) is 0 Å². The molecule has 2 aromatic heterocycles. The van der Waals surface area contributed by atoms with Crippen molar-refractivity contribution in [2.24, 2.45) is 0 Å². The van der Waals surface area contributed by atoms with Gasteiger partial charge in [0.1, 0.15) is 0 Å². The van der Waals surface area contributed by atoms with E-state index in [2.05, 4.69) is 74.9 Å². The third kappa shape index (κ3) is 5.14. The average molecular weight is 421 g/mol. The highest BCUT2D eigenvalue weighted by atomic mass is 32.1. The number of nitrogens with zero attached hydrogens (tertiary/aromatic N) is 3. The minimum atomic E-state index is -0.0471. The highest BCUT2D eigenvalue weighted by Crippen LogP contribution is 2.29. The molecule has 6 heteroatoms. The summed E-state index contributed by atoms with van der Waals surface area (Å²) in [6, 6.07) is 18.6. The molecule has 3 aromatic rings. The van der Waals surface area contributed by atoms with Crippen LogP contribution < -0.4 is 5.32 Å². The van der Waals surface area contributed by atoms with Gasteiger partial charge in [-0.25, -0.2) is 0 Å². The number of hydrogen-bond donors (Lipinski definition) is 1. The molecule has 2 atom stereocenters. The number of nitrogens with one attached hydrogen (secondary N) is 1. The van der Waals surface area contributed by atoms with E-state index in [1.54, 1.807) is 35.9 Å². The summed E-state index contributed by atoms with van der Waals surface area (Å²) in [5.41, 5.74) is 2.01. The number of amides is 1. The maximum absolute atomic E-state index is 12.7. The van der Waals surface area contributed by atoms with Gasteiger partial charge in [0.2, 0.25) is 0 Å². The summed E-state index contributed by atoms with van der Waals surface area (Å²) < 4.78 is 0. The zero-order valence-electron chi connectivity index (χ0n) is 17.3. The molecule has 1 aliphatic rings.